The van der Waals surface area contributed by atoms with Crippen LogP contribution in [0.25, 0.3) is 0 Å². The van der Waals surface area contributed by atoms with Crippen LogP contribution in [0, 0.1) is 0 Å². The largest absolute Gasteiger partial charge is 0.455 e. The maximum absolute atomic E-state index is 12.7. The van der Waals surface area contributed by atoms with Gasteiger partial charge in [0, 0.05) is 11.5 Å². The molecule has 1 aliphatic carbocycles. The van der Waals surface area contributed by atoms with Gasteiger partial charge in [0.15, 0.2) is 11.5 Å². The van der Waals surface area contributed by atoms with Gasteiger partial charge in [0.2, 0.25) is 6.79 Å². The van der Waals surface area contributed by atoms with Crippen LogP contribution in [-0.2, 0) is 4.74 Å². The molecular formula is C21H19NO8. The van der Waals surface area contributed by atoms with E-state index in [2.05, 4.69) is 5.32 Å². The van der Waals surface area contributed by atoms with Gasteiger partial charge in [0.05, 0.1) is 11.6 Å². The van der Waals surface area contributed by atoms with Crippen LogP contribution in [0.3, 0.4) is 0 Å². The van der Waals surface area contributed by atoms with E-state index in [9.17, 15) is 24.9 Å². The van der Waals surface area contributed by atoms with Crippen molar-refractivity contribution in [2.75, 3.05) is 6.79 Å². The number of ether oxygens (including phenoxy) is 3. The number of esters is 1. The minimum atomic E-state index is -1.62. The molecule has 5 rings (SSSR count). The van der Waals surface area contributed by atoms with Gasteiger partial charge in [-0.15, -0.1) is 0 Å². The summed E-state index contributed by atoms with van der Waals surface area (Å²) in [6.45, 7) is 0.00429. The summed E-state index contributed by atoms with van der Waals surface area (Å²) in [6.07, 6.45) is -5.86. The van der Waals surface area contributed by atoms with Crippen LogP contribution in [0.2, 0.25) is 0 Å². The summed E-state index contributed by atoms with van der Waals surface area (Å²) >= 11 is 0. The van der Waals surface area contributed by atoms with Gasteiger partial charge in [-0.1, -0.05) is 18.2 Å². The average molecular weight is 413 g/mol. The number of hydrogen-bond donors (Lipinski definition) is 4. The highest BCUT2D eigenvalue weighted by molar-refractivity contribution is 5.98. The van der Waals surface area contributed by atoms with Gasteiger partial charge in [0.1, 0.15) is 24.4 Å². The average Bonchev–Trinajstić information content (AvgIpc) is 3.22. The first-order valence-electron chi connectivity index (χ1n) is 9.50. The quantitative estimate of drug-likeness (QED) is 0.503. The summed E-state index contributed by atoms with van der Waals surface area (Å²) in [5.41, 5.74) is 0.966. The molecule has 0 unspecified atom stereocenters. The second-order valence-corrected chi connectivity index (χ2v) is 7.53. The van der Waals surface area contributed by atoms with Crippen molar-refractivity contribution in [1.29, 1.82) is 0 Å². The molecular weight excluding hydrogens is 394 g/mol. The first kappa shape index (κ1) is 18.9. The standard InChI is InChI=1S/C21H19NO8/c23-16-15-14(10-6-12-13(29-8-28-12)7-11(10)20(26)22-15)19(18(25)17(16)24)30-21(27)9-4-2-1-3-5-9/h1-7,14-19,23-25H,8H2,(H,22,26)/t14-,15-,16+,17+,18-,19-/m1/s1. The molecule has 9 nitrogen and oxygen atoms in total. The molecule has 2 aliphatic heterocycles. The number of carbonyl (C=O) groups excluding carboxylic acids is 2. The van der Waals surface area contributed by atoms with Gasteiger partial charge >= 0.3 is 5.97 Å². The van der Waals surface area contributed by atoms with Crippen molar-refractivity contribution in [3.63, 3.8) is 0 Å². The van der Waals surface area contributed by atoms with E-state index in [0.717, 1.165) is 0 Å². The second kappa shape index (κ2) is 6.98. The number of amides is 1. The molecule has 2 aromatic carbocycles. The van der Waals surface area contributed by atoms with E-state index in [-0.39, 0.29) is 17.9 Å². The third-order valence-corrected chi connectivity index (χ3v) is 5.84. The number of aliphatic hydroxyl groups excluding tert-OH is 3. The van der Waals surface area contributed by atoms with Gasteiger partial charge in [-0.2, -0.15) is 0 Å². The number of fused-ring (bicyclic) bond motifs is 4. The third-order valence-electron chi connectivity index (χ3n) is 5.84. The summed E-state index contributed by atoms with van der Waals surface area (Å²) in [4.78, 5) is 25.3. The van der Waals surface area contributed by atoms with Crippen molar-refractivity contribution < 1.29 is 39.1 Å². The van der Waals surface area contributed by atoms with E-state index < -0.39 is 48.3 Å². The molecule has 1 saturated carbocycles. The molecule has 0 bridgehead atoms. The maximum Gasteiger partial charge on any atom is 0.338 e. The van der Waals surface area contributed by atoms with Gasteiger partial charge in [-0.05, 0) is 29.8 Å². The van der Waals surface area contributed by atoms with Crippen molar-refractivity contribution in [3.8, 4) is 11.5 Å². The lowest BCUT2D eigenvalue weighted by Gasteiger charge is -2.48. The number of nitrogens with one attached hydrogen (secondary N) is 1. The van der Waals surface area contributed by atoms with Crippen molar-refractivity contribution in [3.05, 3.63) is 59.2 Å². The summed E-state index contributed by atoms with van der Waals surface area (Å²) in [7, 11) is 0. The zero-order chi connectivity index (χ0) is 21.0. The number of rotatable bonds is 2. The van der Waals surface area contributed by atoms with Crippen LogP contribution in [0.5, 0.6) is 11.5 Å². The van der Waals surface area contributed by atoms with E-state index in [0.29, 0.717) is 17.1 Å². The molecule has 0 spiro atoms. The van der Waals surface area contributed by atoms with Crippen molar-refractivity contribution >= 4 is 11.9 Å². The molecule has 0 radical (unpaired) electrons. The first-order valence-corrected chi connectivity index (χ1v) is 9.50. The lowest BCUT2D eigenvalue weighted by atomic mass is 9.70. The Kier molecular flexibility index (Phi) is 4.39. The van der Waals surface area contributed by atoms with Crippen LogP contribution < -0.4 is 14.8 Å². The van der Waals surface area contributed by atoms with Crippen molar-refractivity contribution in [2.45, 2.75) is 36.4 Å². The van der Waals surface area contributed by atoms with Gasteiger partial charge in [-0.3, -0.25) is 4.79 Å². The molecule has 9 heteroatoms. The Morgan fingerprint density at radius 1 is 1.00 bits per heavy atom. The molecule has 156 valence electrons. The van der Waals surface area contributed by atoms with E-state index in [1.807, 2.05) is 0 Å². The smallest absolute Gasteiger partial charge is 0.338 e. The van der Waals surface area contributed by atoms with E-state index in [1.54, 1.807) is 36.4 Å². The molecule has 0 aromatic heterocycles. The van der Waals surface area contributed by atoms with Crippen LogP contribution in [0.4, 0.5) is 0 Å². The number of hydrogen-bond acceptors (Lipinski definition) is 8. The Morgan fingerprint density at radius 2 is 1.70 bits per heavy atom. The predicted molar refractivity (Wildman–Crippen MR) is 100 cm³/mol. The fourth-order valence-corrected chi connectivity index (χ4v) is 4.35. The molecule has 6 atom stereocenters. The lowest BCUT2D eigenvalue weighted by molar-refractivity contribution is -0.157. The van der Waals surface area contributed by atoms with Crippen LogP contribution in [0.15, 0.2) is 42.5 Å². The highest BCUT2D eigenvalue weighted by Gasteiger charge is 2.55. The normalized spacial score (nSPS) is 31.4. The molecule has 4 N–H and O–H groups in total. The van der Waals surface area contributed by atoms with Gasteiger partial charge in [0.25, 0.3) is 5.91 Å². The minimum absolute atomic E-state index is 0.00429. The monoisotopic (exact) mass is 413 g/mol. The molecule has 1 fully saturated rings. The molecule has 2 heterocycles. The maximum atomic E-state index is 12.7. The van der Waals surface area contributed by atoms with Crippen molar-refractivity contribution in [2.24, 2.45) is 0 Å². The van der Waals surface area contributed by atoms with E-state index in [4.69, 9.17) is 14.2 Å². The van der Waals surface area contributed by atoms with Gasteiger partial charge < -0.3 is 34.8 Å². The Morgan fingerprint density at radius 3 is 2.43 bits per heavy atom. The highest BCUT2D eigenvalue weighted by atomic mass is 16.7. The fraction of sp³-hybridized carbons (Fsp3) is 0.333. The SMILES string of the molecule is O=C(O[C@H]1[C@H](O)[C@@H](O)[C@@H](O)[C@@H]2NC(=O)c3cc4c(cc3[C@H]21)OCO4)c1ccccc1. The Bertz CT molecular complexity index is 1010. The Balaban J connectivity index is 1.58. The minimum Gasteiger partial charge on any atom is -0.455 e. The molecule has 0 saturated heterocycles. The van der Waals surface area contributed by atoms with Crippen LogP contribution in [-0.4, -0.2) is 64.4 Å². The topological polar surface area (TPSA) is 135 Å². The first-order chi connectivity index (χ1) is 14.5. The third kappa shape index (κ3) is 2.82. The highest BCUT2D eigenvalue weighted by Crippen LogP contribution is 2.45. The zero-order valence-electron chi connectivity index (χ0n) is 15.6. The number of aliphatic hydroxyl groups is 3. The fourth-order valence-electron chi connectivity index (χ4n) is 4.35. The second-order valence-electron chi connectivity index (χ2n) is 7.53. The van der Waals surface area contributed by atoms with Gasteiger partial charge in [-0.25, -0.2) is 4.79 Å². The Labute approximate surface area is 170 Å². The molecule has 2 aromatic rings. The zero-order valence-corrected chi connectivity index (χ0v) is 15.6. The van der Waals surface area contributed by atoms with E-state index in [1.165, 1.54) is 6.07 Å². The molecule has 3 aliphatic rings. The summed E-state index contributed by atoms with van der Waals surface area (Å²) in [5.74, 6) is -1.17. The van der Waals surface area contributed by atoms with Crippen molar-refractivity contribution in [1.82, 2.24) is 5.32 Å². The number of carbonyl (C=O) groups is 2. The summed E-state index contributed by atoms with van der Waals surface area (Å²) in [5, 5.41) is 34.2. The lowest BCUT2D eigenvalue weighted by Crippen LogP contribution is -2.67. The molecule has 1 amide bonds. The van der Waals surface area contributed by atoms with E-state index >= 15 is 0 Å². The Hall–Kier alpha value is -3.14. The summed E-state index contributed by atoms with van der Waals surface area (Å²) < 4.78 is 16.3. The predicted octanol–water partition coefficient (Wildman–Crippen LogP) is -0.0672. The van der Waals surface area contributed by atoms with Crippen LogP contribution >= 0.6 is 0 Å². The molecule has 30 heavy (non-hydrogen) atoms. The van der Waals surface area contributed by atoms with Crippen LogP contribution in [0.1, 0.15) is 32.2 Å². The summed E-state index contributed by atoms with van der Waals surface area (Å²) in [6, 6.07) is 10.4. The number of benzene rings is 2.